The number of thiophene rings is 1. The summed E-state index contributed by atoms with van der Waals surface area (Å²) >= 11 is 1.06. The van der Waals surface area contributed by atoms with E-state index in [0.717, 1.165) is 21.8 Å². The second-order valence-corrected chi connectivity index (χ2v) is 8.38. The molecule has 4 aromatic rings. The number of carbonyl (C=O) groups is 1. The standard InChI is InChI=1S/C24H23N3O6S/c1-3-31-24(30)21-15(2)20-22(34-21)25-26-27(23(20)29)13-16(28)14-32-17-9-11-19(12-10-17)33-18-7-5-4-6-8-18/h4-12,16,28H,3,13-14H2,1-2H3. The van der Waals surface area contributed by atoms with Crippen molar-refractivity contribution in [2.75, 3.05) is 13.2 Å². The summed E-state index contributed by atoms with van der Waals surface area (Å²) in [6.45, 7) is 3.45. The van der Waals surface area contributed by atoms with E-state index in [1.165, 1.54) is 0 Å². The van der Waals surface area contributed by atoms with Gasteiger partial charge >= 0.3 is 5.97 Å². The van der Waals surface area contributed by atoms with Gasteiger partial charge in [0.15, 0.2) is 4.83 Å². The maximum atomic E-state index is 12.9. The van der Waals surface area contributed by atoms with Gasteiger partial charge in [0.1, 0.15) is 34.8 Å². The third-order valence-electron chi connectivity index (χ3n) is 4.91. The predicted octanol–water partition coefficient (Wildman–Crippen LogP) is 3.57. The van der Waals surface area contributed by atoms with Crippen LogP contribution in [-0.4, -0.2) is 45.4 Å². The summed E-state index contributed by atoms with van der Waals surface area (Å²) < 4.78 is 17.5. The van der Waals surface area contributed by atoms with Gasteiger partial charge in [-0.05, 0) is 55.8 Å². The SMILES string of the molecule is CCOC(=O)c1sc2nnn(CC(O)COc3ccc(Oc4ccccc4)cc3)c(=O)c2c1C. The maximum absolute atomic E-state index is 12.9. The molecule has 9 nitrogen and oxygen atoms in total. The number of nitrogens with zero attached hydrogens (tertiary/aromatic N) is 3. The fourth-order valence-electron chi connectivity index (χ4n) is 3.27. The summed E-state index contributed by atoms with van der Waals surface area (Å²) in [6.07, 6.45) is -1.01. The first-order valence-corrected chi connectivity index (χ1v) is 11.5. The summed E-state index contributed by atoms with van der Waals surface area (Å²) in [6, 6.07) is 16.4. The Hall–Kier alpha value is -3.76. The third-order valence-corrected chi connectivity index (χ3v) is 6.07. The molecule has 1 N–H and O–H groups in total. The lowest BCUT2D eigenvalue weighted by atomic mass is 10.2. The Morgan fingerprint density at radius 1 is 1.09 bits per heavy atom. The Kier molecular flexibility index (Phi) is 7.19. The number of para-hydroxylation sites is 1. The lowest BCUT2D eigenvalue weighted by Crippen LogP contribution is -2.32. The summed E-state index contributed by atoms with van der Waals surface area (Å²) in [7, 11) is 0. The van der Waals surface area contributed by atoms with Crippen LogP contribution in [0.1, 0.15) is 22.2 Å². The number of hydrogen-bond acceptors (Lipinski definition) is 9. The van der Waals surface area contributed by atoms with Crippen LogP contribution in [0, 0.1) is 6.92 Å². The quantitative estimate of drug-likeness (QED) is 0.361. The van der Waals surface area contributed by atoms with E-state index in [2.05, 4.69) is 10.3 Å². The molecular weight excluding hydrogens is 458 g/mol. The third kappa shape index (κ3) is 5.24. The molecule has 0 aliphatic rings. The molecule has 1 atom stereocenters. The van der Waals surface area contributed by atoms with Gasteiger partial charge in [-0.1, -0.05) is 23.4 Å². The first-order chi connectivity index (χ1) is 16.5. The zero-order chi connectivity index (χ0) is 24.1. The van der Waals surface area contributed by atoms with Gasteiger partial charge in [0.2, 0.25) is 0 Å². The van der Waals surface area contributed by atoms with Crippen molar-refractivity contribution in [3.63, 3.8) is 0 Å². The van der Waals surface area contributed by atoms with Gasteiger partial charge in [0.25, 0.3) is 5.56 Å². The Balaban J connectivity index is 1.39. The zero-order valence-corrected chi connectivity index (χ0v) is 19.4. The largest absolute Gasteiger partial charge is 0.491 e. The molecule has 4 rings (SSSR count). The van der Waals surface area contributed by atoms with E-state index in [4.69, 9.17) is 14.2 Å². The number of aromatic nitrogens is 3. The molecule has 0 radical (unpaired) electrons. The summed E-state index contributed by atoms with van der Waals surface area (Å²) in [5.74, 6) is 1.43. The fourth-order valence-corrected chi connectivity index (χ4v) is 4.28. The first-order valence-electron chi connectivity index (χ1n) is 10.6. The second kappa shape index (κ2) is 10.4. The van der Waals surface area contributed by atoms with E-state index < -0.39 is 17.6 Å². The smallest absolute Gasteiger partial charge is 0.348 e. The molecule has 0 spiro atoms. The highest BCUT2D eigenvalue weighted by atomic mass is 32.1. The van der Waals surface area contributed by atoms with E-state index in [0.29, 0.717) is 32.2 Å². The molecule has 10 heteroatoms. The molecule has 34 heavy (non-hydrogen) atoms. The van der Waals surface area contributed by atoms with Gasteiger partial charge < -0.3 is 19.3 Å². The predicted molar refractivity (Wildman–Crippen MR) is 127 cm³/mol. The molecule has 0 saturated heterocycles. The monoisotopic (exact) mass is 481 g/mol. The van der Waals surface area contributed by atoms with Crippen LogP contribution in [0.2, 0.25) is 0 Å². The van der Waals surface area contributed by atoms with Crippen LogP contribution in [0.4, 0.5) is 0 Å². The molecule has 0 bridgehead atoms. The highest BCUT2D eigenvalue weighted by Gasteiger charge is 2.21. The lowest BCUT2D eigenvalue weighted by Gasteiger charge is -2.13. The van der Waals surface area contributed by atoms with Gasteiger partial charge in [0.05, 0.1) is 18.5 Å². The molecule has 0 aliphatic heterocycles. The molecule has 0 aliphatic carbocycles. The van der Waals surface area contributed by atoms with Gasteiger partial charge in [-0.15, -0.1) is 16.4 Å². The average Bonchev–Trinajstić information content (AvgIpc) is 3.18. The van der Waals surface area contributed by atoms with Crippen LogP contribution >= 0.6 is 11.3 Å². The van der Waals surface area contributed by atoms with Crippen molar-refractivity contribution in [3.8, 4) is 17.2 Å². The Labute approximate surface area is 199 Å². The highest BCUT2D eigenvalue weighted by Crippen LogP contribution is 2.27. The number of hydrogen-bond donors (Lipinski definition) is 1. The summed E-state index contributed by atoms with van der Waals surface area (Å²) in [5.41, 5.74) is 0.0615. The van der Waals surface area contributed by atoms with Gasteiger partial charge in [-0.25, -0.2) is 9.48 Å². The van der Waals surface area contributed by atoms with Crippen molar-refractivity contribution in [1.82, 2.24) is 15.0 Å². The van der Waals surface area contributed by atoms with Gasteiger partial charge in [-0.3, -0.25) is 4.79 Å². The zero-order valence-electron chi connectivity index (χ0n) is 18.6. The van der Waals surface area contributed by atoms with Crippen LogP contribution in [0.25, 0.3) is 10.2 Å². The minimum absolute atomic E-state index is 0.0538. The maximum Gasteiger partial charge on any atom is 0.348 e. The Bertz CT molecular complexity index is 1330. The summed E-state index contributed by atoms with van der Waals surface area (Å²) in [4.78, 5) is 25.7. The number of esters is 1. The van der Waals surface area contributed by atoms with E-state index in [-0.39, 0.29) is 19.8 Å². The first kappa shape index (κ1) is 23.4. The number of aryl methyl sites for hydroxylation is 1. The van der Waals surface area contributed by atoms with Crippen LogP contribution in [0.15, 0.2) is 59.4 Å². The number of carbonyl (C=O) groups excluding carboxylic acids is 1. The molecule has 0 fully saturated rings. The average molecular weight is 482 g/mol. The molecule has 2 aromatic carbocycles. The number of aliphatic hydroxyl groups is 1. The minimum atomic E-state index is -1.01. The van der Waals surface area contributed by atoms with Gasteiger partial charge in [0, 0.05) is 0 Å². The molecular formula is C24H23N3O6S. The molecule has 2 aromatic heterocycles. The Morgan fingerprint density at radius 2 is 1.76 bits per heavy atom. The van der Waals surface area contributed by atoms with Crippen molar-refractivity contribution in [2.45, 2.75) is 26.5 Å². The van der Waals surface area contributed by atoms with Crippen LogP contribution in [0.3, 0.4) is 0 Å². The van der Waals surface area contributed by atoms with E-state index >= 15 is 0 Å². The van der Waals surface area contributed by atoms with Crippen molar-refractivity contribution < 1.29 is 24.1 Å². The van der Waals surface area contributed by atoms with Crippen molar-refractivity contribution in [1.29, 1.82) is 0 Å². The van der Waals surface area contributed by atoms with E-state index in [1.807, 2.05) is 30.3 Å². The van der Waals surface area contributed by atoms with E-state index in [1.54, 1.807) is 38.1 Å². The van der Waals surface area contributed by atoms with Crippen molar-refractivity contribution in [2.24, 2.45) is 0 Å². The molecule has 0 saturated carbocycles. The van der Waals surface area contributed by atoms with Crippen molar-refractivity contribution >= 4 is 27.5 Å². The molecule has 0 amide bonds. The minimum Gasteiger partial charge on any atom is -0.491 e. The van der Waals surface area contributed by atoms with Crippen LogP contribution in [-0.2, 0) is 11.3 Å². The number of benzene rings is 2. The van der Waals surface area contributed by atoms with Crippen molar-refractivity contribution in [3.05, 3.63) is 75.4 Å². The fraction of sp³-hybridized carbons (Fsp3) is 0.250. The number of rotatable bonds is 9. The Morgan fingerprint density at radius 3 is 2.47 bits per heavy atom. The highest BCUT2D eigenvalue weighted by molar-refractivity contribution is 7.20. The number of aliphatic hydroxyl groups excluding tert-OH is 1. The van der Waals surface area contributed by atoms with Crippen LogP contribution in [0.5, 0.6) is 17.2 Å². The lowest BCUT2D eigenvalue weighted by molar-refractivity contribution is 0.0531. The normalized spacial score (nSPS) is 11.9. The molecule has 1 unspecified atom stereocenters. The number of fused-ring (bicyclic) bond motifs is 1. The topological polar surface area (TPSA) is 113 Å². The molecule has 176 valence electrons. The summed E-state index contributed by atoms with van der Waals surface area (Å²) in [5, 5.41) is 18.6. The van der Waals surface area contributed by atoms with Crippen LogP contribution < -0.4 is 15.0 Å². The second-order valence-electron chi connectivity index (χ2n) is 7.38. The number of ether oxygens (including phenoxy) is 3. The molecule has 2 heterocycles. The van der Waals surface area contributed by atoms with E-state index in [9.17, 15) is 14.7 Å². The van der Waals surface area contributed by atoms with Gasteiger partial charge in [-0.2, -0.15) is 0 Å².